The van der Waals surface area contributed by atoms with E-state index in [0.717, 1.165) is 22.6 Å². The van der Waals surface area contributed by atoms with Crippen molar-refractivity contribution in [2.24, 2.45) is 0 Å². The van der Waals surface area contributed by atoms with Crippen molar-refractivity contribution >= 4 is 5.91 Å². The Morgan fingerprint density at radius 2 is 1.65 bits per heavy atom. The number of carbonyl (C=O) groups is 1. The molecule has 1 amide bonds. The van der Waals surface area contributed by atoms with Crippen LogP contribution in [-0.2, 0) is 17.9 Å². The summed E-state index contributed by atoms with van der Waals surface area (Å²) in [6.07, 6.45) is 0. The van der Waals surface area contributed by atoms with Gasteiger partial charge in [-0.15, -0.1) is 0 Å². The summed E-state index contributed by atoms with van der Waals surface area (Å²) in [7, 11) is 0. The van der Waals surface area contributed by atoms with Crippen LogP contribution in [0.25, 0.3) is 0 Å². The summed E-state index contributed by atoms with van der Waals surface area (Å²) in [5.74, 6) is 2.58. The number of hydrogen-bond donors (Lipinski definition) is 2. The molecule has 0 atom stereocenters. The van der Waals surface area contributed by atoms with Crippen LogP contribution in [0.2, 0.25) is 0 Å². The van der Waals surface area contributed by atoms with Crippen LogP contribution in [0.4, 0.5) is 0 Å². The zero-order valence-electron chi connectivity index (χ0n) is 18.4. The molecule has 7 nitrogen and oxygen atoms in total. The van der Waals surface area contributed by atoms with Gasteiger partial charge in [0.25, 0.3) is 5.91 Å². The molecule has 1 heterocycles. The third-order valence-corrected chi connectivity index (χ3v) is 4.28. The number of benzene rings is 2. The van der Waals surface area contributed by atoms with E-state index in [1.165, 1.54) is 0 Å². The third-order valence-electron chi connectivity index (χ3n) is 4.28. The first kappa shape index (κ1) is 24.6. The number of ether oxygens (including phenoxy) is 4. The van der Waals surface area contributed by atoms with Crippen molar-refractivity contribution in [1.82, 2.24) is 10.6 Å². The molecule has 0 saturated carbocycles. The van der Waals surface area contributed by atoms with E-state index in [9.17, 15) is 4.79 Å². The molecule has 2 N–H and O–H groups in total. The monoisotopic (exact) mass is 449 g/mol. The topological polar surface area (TPSA) is 78.1 Å². The van der Waals surface area contributed by atoms with Crippen molar-refractivity contribution in [2.45, 2.75) is 46.3 Å². The molecule has 2 aromatic carbocycles. The highest BCUT2D eigenvalue weighted by molar-refractivity contribution is 5.78. The lowest BCUT2D eigenvalue weighted by Crippen LogP contribution is -3.00. The lowest BCUT2D eigenvalue weighted by Gasteiger charge is -2.21. The molecule has 0 fully saturated rings. The predicted octanol–water partition coefficient (Wildman–Crippen LogP) is 0.401. The molecule has 0 aliphatic carbocycles. The standard InChI is InChI=1S/C23H30N2O5.ClH/c1-5-27-20-10-16(6-8-18(20)28-14-22(26)25-23(2,3)4)12-24-13-17-7-9-19-21(11-17)30-15-29-19;/h6-11,24H,5,12-15H2,1-4H3,(H,25,26);1H/p-1. The van der Waals surface area contributed by atoms with Crippen LogP contribution in [-0.4, -0.2) is 31.5 Å². The van der Waals surface area contributed by atoms with Gasteiger partial charge in [-0.25, -0.2) is 0 Å². The highest BCUT2D eigenvalue weighted by Gasteiger charge is 2.16. The molecule has 0 saturated heterocycles. The largest absolute Gasteiger partial charge is 1.00 e. The van der Waals surface area contributed by atoms with Crippen LogP contribution in [0.3, 0.4) is 0 Å². The van der Waals surface area contributed by atoms with Crippen molar-refractivity contribution < 1.29 is 36.1 Å². The van der Waals surface area contributed by atoms with E-state index in [0.29, 0.717) is 31.2 Å². The molecule has 170 valence electrons. The molecular weight excluding hydrogens is 420 g/mol. The van der Waals surface area contributed by atoms with Crippen LogP contribution in [0.5, 0.6) is 23.0 Å². The van der Waals surface area contributed by atoms with Gasteiger partial charge in [0, 0.05) is 18.6 Å². The second-order valence-electron chi connectivity index (χ2n) is 8.09. The lowest BCUT2D eigenvalue weighted by atomic mass is 10.1. The van der Waals surface area contributed by atoms with Crippen molar-refractivity contribution in [1.29, 1.82) is 0 Å². The van der Waals surface area contributed by atoms with Crippen molar-refractivity contribution in [3.8, 4) is 23.0 Å². The van der Waals surface area contributed by atoms with Crippen molar-refractivity contribution in [3.63, 3.8) is 0 Å². The maximum Gasteiger partial charge on any atom is 0.258 e. The summed E-state index contributed by atoms with van der Waals surface area (Å²) >= 11 is 0. The van der Waals surface area contributed by atoms with E-state index >= 15 is 0 Å². The van der Waals surface area contributed by atoms with Gasteiger partial charge in [0.1, 0.15) is 0 Å². The summed E-state index contributed by atoms with van der Waals surface area (Å²) in [4.78, 5) is 12.0. The fourth-order valence-electron chi connectivity index (χ4n) is 3.05. The zero-order chi connectivity index (χ0) is 21.6. The lowest BCUT2D eigenvalue weighted by molar-refractivity contribution is -0.124. The molecule has 0 aromatic heterocycles. The summed E-state index contributed by atoms with van der Waals surface area (Å²) in [5.41, 5.74) is 1.89. The number of nitrogens with one attached hydrogen (secondary N) is 2. The zero-order valence-corrected chi connectivity index (χ0v) is 19.2. The average molecular weight is 450 g/mol. The maximum atomic E-state index is 12.0. The summed E-state index contributed by atoms with van der Waals surface area (Å²) in [5, 5.41) is 6.30. The molecule has 0 unspecified atom stereocenters. The van der Waals surface area contributed by atoms with Crippen LogP contribution in [0, 0.1) is 0 Å². The first-order chi connectivity index (χ1) is 14.3. The van der Waals surface area contributed by atoms with E-state index < -0.39 is 0 Å². The Bertz CT molecular complexity index is 883. The Labute approximate surface area is 189 Å². The molecule has 2 aromatic rings. The van der Waals surface area contributed by atoms with Crippen LogP contribution in [0.15, 0.2) is 36.4 Å². The molecule has 8 heteroatoms. The normalized spacial score (nSPS) is 12.1. The molecule has 31 heavy (non-hydrogen) atoms. The van der Waals surface area contributed by atoms with Gasteiger partial charge in [-0.2, -0.15) is 0 Å². The maximum absolute atomic E-state index is 12.0. The number of halogens is 1. The van der Waals surface area contributed by atoms with Gasteiger partial charge < -0.3 is 42.0 Å². The Morgan fingerprint density at radius 3 is 2.35 bits per heavy atom. The second kappa shape index (κ2) is 11.1. The Hall–Kier alpha value is -2.64. The van der Waals surface area contributed by atoms with Gasteiger partial charge in [-0.1, -0.05) is 12.1 Å². The molecule has 0 radical (unpaired) electrons. The quantitative estimate of drug-likeness (QED) is 0.577. The molecule has 0 bridgehead atoms. The van der Waals surface area contributed by atoms with E-state index in [-0.39, 0.29) is 37.3 Å². The number of rotatable bonds is 9. The van der Waals surface area contributed by atoms with E-state index in [1.807, 2.05) is 64.1 Å². The van der Waals surface area contributed by atoms with Gasteiger partial charge in [0.15, 0.2) is 29.6 Å². The second-order valence-corrected chi connectivity index (χ2v) is 8.09. The summed E-state index contributed by atoms with van der Waals surface area (Å²) < 4.78 is 22.2. The van der Waals surface area contributed by atoms with Gasteiger partial charge in [-0.3, -0.25) is 4.79 Å². The highest BCUT2D eigenvalue weighted by atomic mass is 35.5. The van der Waals surface area contributed by atoms with Crippen molar-refractivity contribution in [3.05, 3.63) is 47.5 Å². The molecular formula is C23H30ClN2O5-. The fraction of sp³-hybridized carbons (Fsp3) is 0.435. The van der Waals surface area contributed by atoms with Gasteiger partial charge >= 0.3 is 0 Å². The molecule has 0 spiro atoms. The van der Waals surface area contributed by atoms with Gasteiger partial charge in [-0.05, 0) is 63.1 Å². The number of amides is 1. The highest BCUT2D eigenvalue weighted by Crippen LogP contribution is 2.32. The Balaban J connectivity index is 0.00000341. The third kappa shape index (κ3) is 7.52. The van der Waals surface area contributed by atoms with Crippen LogP contribution in [0.1, 0.15) is 38.8 Å². The Morgan fingerprint density at radius 1 is 0.968 bits per heavy atom. The van der Waals surface area contributed by atoms with Crippen LogP contribution >= 0.6 is 0 Å². The van der Waals surface area contributed by atoms with Crippen molar-refractivity contribution in [2.75, 3.05) is 20.0 Å². The molecule has 3 rings (SSSR count). The molecule has 1 aliphatic rings. The number of carbonyl (C=O) groups excluding carboxylic acids is 1. The Kier molecular flexibility index (Phi) is 8.83. The first-order valence-corrected chi connectivity index (χ1v) is 10.1. The first-order valence-electron chi connectivity index (χ1n) is 10.1. The fourth-order valence-corrected chi connectivity index (χ4v) is 3.05. The minimum atomic E-state index is -0.295. The van der Waals surface area contributed by atoms with Gasteiger partial charge in [0.2, 0.25) is 6.79 Å². The minimum absolute atomic E-state index is 0. The molecule has 1 aliphatic heterocycles. The minimum Gasteiger partial charge on any atom is -1.00 e. The van der Waals surface area contributed by atoms with E-state index in [2.05, 4.69) is 10.6 Å². The van der Waals surface area contributed by atoms with Gasteiger partial charge in [0.05, 0.1) is 6.61 Å². The summed E-state index contributed by atoms with van der Waals surface area (Å²) in [6.45, 7) is 9.81. The number of hydrogen-bond acceptors (Lipinski definition) is 6. The summed E-state index contributed by atoms with van der Waals surface area (Å²) in [6, 6.07) is 11.7. The predicted molar refractivity (Wildman–Crippen MR) is 114 cm³/mol. The number of fused-ring (bicyclic) bond motifs is 1. The smallest absolute Gasteiger partial charge is 0.258 e. The SMILES string of the molecule is CCOc1cc(CNCc2ccc3c(c2)OCO3)ccc1OCC(=O)NC(C)(C)C.[Cl-]. The van der Waals surface area contributed by atoms with Crippen LogP contribution < -0.4 is 42.0 Å². The van der Waals surface area contributed by atoms with E-state index in [4.69, 9.17) is 18.9 Å². The average Bonchev–Trinajstić information content (AvgIpc) is 3.14. The van der Waals surface area contributed by atoms with E-state index in [1.54, 1.807) is 0 Å².